The van der Waals surface area contributed by atoms with E-state index in [0.717, 1.165) is 43.2 Å². The molecule has 1 aromatic carbocycles. The lowest BCUT2D eigenvalue weighted by Gasteiger charge is -2.23. The van der Waals surface area contributed by atoms with Gasteiger partial charge in [-0.3, -0.25) is 9.78 Å². The highest BCUT2D eigenvalue weighted by atomic mass is 79.9. The lowest BCUT2D eigenvalue weighted by atomic mass is 10.0. The number of carbonyl (C=O) groups is 1. The van der Waals surface area contributed by atoms with Gasteiger partial charge in [0.05, 0.1) is 0 Å². The molecule has 0 fully saturated rings. The predicted octanol–water partition coefficient (Wildman–Crippen LogP) is 3.19. The van der Waals surface area contributed by atoms with Gasteiger partial charge in [-0.2, -0.15) is 0 Å². The van der Waals surface area contributed by atoms with E-state index in [4.69, 9.17) is 0 Å². The largest absolute Gasteiger partial charge is 0.342 e. The van der Waals surface area contributed by atoms with Crippen LogP contribution in [0.5, 0.6) is 0 Å². The topological polar surface area (TPSA) is 33.2 Å². The first-order chi connectivity index (χ1) is 11.2. The Bertz CT molecular complexity index is 734. The number of hydrogen-bond donors (Lipinski definition) is 0. The number of fused-ring (bicyclic) bond motifs is 2. The fourth-order valence-electron chi connectivity index (χ4n) is 3.79. The number of hydrogen-bond acceptors (Lipinski definition) is 2. The Kier molecular flexibility index (Phi) is 3.93. The smallest absolute Gasteiger partial charge is 0.226 e. The summed E-state index contributed by atoms with van der Waals surface area (Å²) in [5.74, 6) is 0.412. The van der Waals surface area contributed by atoms with Crippen molar-refractivity contribution in [1.29, 1.82) is 0 Å². The van der Waals surface area contributed by atoms with Crippen LogP contribution in [0, 0.1) is 5.92 Å². The number of pyridine rings is 1. The van der Waals surface area contributed by atoms with Crippen LogP contribution in [0.3, 0.4) is 0 Å². The van der Waals surface area contributed by atoms with Gasteiger partial charge in [0, 0.05) is 35.9 Å². The molecule has 0 radical (unpaired) electrons. The van der Waals surface area contributed by atoms with Gasteiger partial charge in [0.1, 0.15) is 0 Å². The zero-order chi connectivity index (χ0) is 15.8. The minimum atomic E-state index is 0.0992. The highest BCUT2D eigenvalue weighted by Crippen LogP contribution is 2.28. The summed E-state index contributed by atoms with van der Waals surface area (Å²) < 4.78 is 1.12. The molecule has 0 bridgehead atoms. The second-order valence-electron chi connectivity index (χ2n) is 6.49. The predicted molar refractivity (Wildman–Crippen MR) is 93.3 cm³/mol. The molecule has 1 amide bonds. The standard InChI is InChI=1S/C19H19BrN2O/c20-18-2-1-13-4-7-22(8-5-15(13)11-18)19(23)16-9-14-3-6-21-12-17(14)10-16/h1-3,6,11-12,16H,4-5,7-10H2. The molecule has 118 valence electrons. The summed E-state index contributed by atoms with van der Waals surface area (Å²) in [6.45, 7) is 1.66. The summed E-state index contributed by atoms with van der Waals surface area (Å²) in [6.07, 6.45) is 7.35. The van der Waals surface area contributed by atoms with Gasteiger partial charge in [-0.05, 0) is 66.1 Å². The molecular weight excluding hydrogens is 352 g/mol. The maximum absolute atomic E-state index is 12.9. The van der Waals surface area contributed by atoms with E-state index in [1.165, 1.54) is 22.3 Å². The van der Waals surface area contributed by atoms with Gasteiger partial charge in [0.25, 0.3) is 0 Å². The van der Waals surface area contributed by atoms with Crippen LogP contribution in [0.25, 0.3) is 0 Å². The number of benzene rings is 1. The van der Waals surface area contributed by atoms with Gasteiger partial charge >= 0.3 is 0 Å². The van der Waals surface area contributed by atoms with Gasteiger partial charge < -0.3 is 4.90 Å². The average Bonchev–Trinajstić information content (AvgIpc) is 2.89. The number of carbonyl (C=O) groups excluding carboxylic acids is 1. The first-order valence-electron chi connectivity index (χ1n) is 8.18. The third-order valence-corrected chi connectivity index (χ3v) is 5.56. The quantitative estimate of drug-likeness (QED) is 0.772. The van der Waals surface area contributed by atoms with E-state index in [0.29, 0.717) is 5.91 Å². The molecule has 2 aliphatic rings. The molecule has 4 rings (SSSR count). The molecule has 2 heterocycles. The summed E-state index contributed by atoms with van der Waals surface area (Å²) in [5.41, 5.74) is 5.28. The monoisotopic (exact) mass is 370 g/mol. The maximum atomic E-state index is 12.9. The van der Waals surface area contributed by atoms with Gasteiger partial charge in [-0.15, -0.1) is 0 Å². The molecular formula is C19H19BrN2O. The molecule has 3 nitrogen and oxygen atoms in total. The molecule has 1 aromatic heterocycles. The van der Waals surface area contributed by atoms with E-state index in [1.807, 2.05) is 12.4 Å². The molecule has 2 aromatic rings. The SMILES string of the molecule is O=C(C1Cc2ccncc2C1)N1CCc2ccc(Br)cc2CC1. The van der Waals surface area contributed by atoms with Crippen LogP contribution in [-0.2, 0) is 30.5 Å². The molecule has 0 saturated carbocycles. The molecule has 1 atom stereocenters. The molecule has 4 heteroatoms. The summed E-state index contributed by atoms with van der Waals surface area (Å²) >= 11 is 3.54. The van der Waals surface area contributed by atoms with E-state index in [-0.39, 0.29) is 5.92 Å². The molecule has 0 saturated heterocycles. The molecule has 1 aliphatic heterocycles. The molecule has 1 unspecified atom stereocenters. The number of nitrogens with zero attached hydrogens (tertiary/aromatic N) is 2. The van der Waals surface area contributed by atoms with Gasteiger partial charge in [-0.1, -0.05) is 22.0 Å². The number of halogens is 1. The molecule has 23 heavy (non-hydrogen) atoms. The Hall–Kier alpha value is -1.68. The molecule has 0 spiro atoms. The van der Waals surface area contributed by atoms with E-state index >= 15 is 0 Å². The third-order valence-electron chi connectivity index (χ3n) is 5.07. The van der Waals surface area contributed by atoms with Crippen molar-refractivity contribution < 1.29 is 4.79 Å². The van der Waals surface area contributed by atoms with Crippen molar-refractivity contribution in [2.45, 2.75) is 25.7 Å². The van der Waals surface area contributed by atoms with Crippen molar-refractivity contribution in [3.05, 3.63) is 63.4 Å². The van der Waals surface area contributed by atoms with Crippen molar-refractivity contribution in [3.8, 4) is 0 Å². The van der Waals surface area contributed by atoms with Crippen LogP contribution >= 0.6 is 15.9 Å². The fraction of sp³-hybridized carbons (Fsp3) is 0.368. The Balaban J connectivity index is 1.47. The number of amides is 1. The van der Waals surface area contributed by atoms with Crippen LogP contribution < -0.4 is 0 Å². The minimum absolute atomic E-state index is 0.0992. The Morgan fingerprint density at radius 2 is 1.83 bits per heavy atom. The number of rotatable bonds is 1. The molecule has 1 aliphatic carbocycles. The van der Waals surface area contributed by atoms with Crippen molar-refractivity contribution in [2.75, 3.05) is 13.1 Å². The van der Waals surface area contributed by atoms with Gasteiger partial charge in [-0.25, -0.2) is 0 Å². The van der Waals surface area contributed by atoms with E-state index in [1.54, 1.807) is 0 Å². The lowest BCUT2D eigenvalue weighted by Crippen LogP contribution is -2.38. The van der Waals surface area contributed by atoms with E-state index < -0.39 is 0 Å². The Morgan fingerprint density at radius 3 is 2.65 bits per heavy atom. The van der Waals surface area contributed by atoms with Crippen LogP contribution in [0.15, 0.2) is 41.1 Å². The van der Waals surface area contributed by atoms with Gasteiger partial charge in [0.2, 0.25) is 5.91 Å². The molecule has 0 N–H and O–H groups in total. The minimum Gasteiger partial charge on any atom is -0.342 e. The summed E-state index contributed by atoms with van der Waals surface area (Å²) in [7, 11) is 0. The van der Waals surface area contributed by atoms with Crippen LogP contribution in [0.2, 0.25) is 0 Å². The lowest BCUT2D eigenvalue weighted by molar-refractivity contribution is -0.135. The van der Waals surface area contributed by atoms with Crippen molar-refractivity contribution >= 4 is 21.8 Å². The van der Waals surface area contributed by atoms with Crippen molar-refractivity contribution in [3.63, 3.8) is 0 Å². The second kappa shape index (κ2) is 6.08. The highest BCUT2D eigenvalue weighted by Gasteiger charge is 2.31. The fourth-order valence-corrected chi connectivity index (χ4v) is 4.20. The Labute approximate surface area is 144 Å². The maximum Gasteiger partial charge on any atom is 0.226 e. The van der Waals surface area contributed by atoms with Crippen LogP contribution in [0.1, 0.15) is 22.3 Å². The zero-order valence-corrected chi connectivity index (χ0v) is 14.6. The summed E-state index contributed by atoms with van der Waals surface area (Å²) in [4.78, 5) is 19.2. The normalized spacial score (nSPS) is 19.9. The Morgan fingerprint density at radius 1 is 1.04 bits per heavy atom. The summed E-state index contributed by atoms with van der Waals surface area (Å²) in [6, 6.07) is 8.53. The highest BCUT2D eigenvalue weighted by molar-refractivity contribution is 9.10. The first-order valence-corrected chi connectivity index (χ1v) is 8.98. The van der Waals surface area contributed by atoms with Crippen molar-refractivity contribution in [2.24, 2.45) is 5.92 Å². The van der Waals surface area contributed by atoms with Crippen LogP contribution in [0.4, 0.5) is 0 Å². The summed E-state index contributed by atoms with van der Waals surface area (Å²) in [5, 5.41) is 0. The van der Waals surface area contributed by atoms with E-state index in [2.05, 4.69) is 50.1 Å². The third kappa shape index (κ3) is 2.92. The van der Waals surface area contributed by atoms with Gasteiger partial charge in [0.15, 0.2) is 0 Å². The zero-order valence-electron chi connectivity index (χ0n) is 13.0. The van der Waals surface area contributed by atoms with Crippen LogP contribution in [-0.4, -0.2) is 28.9 Å². The number of aromatic nitrogens is 1. The van der Waals surface area contributed by atoms with Crippen molar-refractivity contribution in [1.82, 2.24) is 9.88 Å². The second-order valence-corrected chi connectivity index (χ2v) is 7.40. The average molecular weight is 371 g/mol. The first kappa shape index (κ1) is 14.9. The van der Waals surface area contributed by atoms with E-state index in [9.17, 15) is 4.79 Å².